The molecule has 1 aliphatic carbocycles. The van der Waals surface area contributed by atoms with Gasteiger partial charge in [-0.3, -0.25) is 4.79 Å². The summed E-state index contributed by atoms with van der Waals surface area (Å²) in [6.45, 7) is 2.81. The minimum absolute atomic E-state index is 0.210. The molecule has 1 aromatic carbocycles. The summed E-state index contributed by atoms with van der Waals surface area (Å²) in [5.41, 5.74) is -0.297. The molecular weight excluding hydrogens is 380 g/mol. The minimum atomic E-state index is -3.68. The summed E-state index contributed by atoms with van der Waals surface area (Å²) in [5, 5.41) is 0. The standard InChI is InChI=1S/C20H28N2O5S/c1-26-13-12-22-14-20(8-10-21(11-9-20)19(23)16-6-7-16)15-27-17-4-2-3-5-18(17)28(22,24)25/h2-5,16H,6-15H2,1H3. The Hall–Kier alpha value is -1.64. The number of hydrogen-bond acceptors (Lipinski definition) is 5. The van der Waals surface area contributed by atoms with Crippen molar-refractivity contribution in [1.29, 1.82) is 0 Å². The molecule has 2 aliphatic heterocycles. The predicted octanol–water partition coefficient (Wildman–Crippen LogP) is 1.73. The van der Waals surface area contributed by atoms with Crippen LogP contribution in [0.15, 0.2) is 29.2 Å². The first-order valence-corrected chi connectivity index (χ1v) is 11.4. The predicted molar refractivity (Wildman–Crippen MR) is 104 cm³/mol. The van der Waals surface area contributed by atoms with Gasteiger partial charge in [-0.1, -0.05) is 12.1 Å². The molecule has 1 amide bonds. The highest BCUT2D eigenvalue weighted by Crippen LogP contribution is 2.40. The summed E-state index contributed by atoms with van der Waals surface area (Å²) in [4.78, 5) is 14.6. The van der Waals surface area contributed by atoms with E-state index in [1.54, 1.807) is 31.4 Å². The SMILES string of the molecule is COCCN1CC2(CCN(C(=O)C3CC3)CC2)COc2ccccc2S1(=O)=O. The summed E-state index contributed by atoms with van der Waals surface area (Å²) >= 11 is 0. The number of para-hydroxylation sites is 1. The van der Waals surface area contributed by atoms with E-state index in [4.69, 9.17) is 9.47 Å². The monoisotopic (exact) mass is 408 g/mol. The van der Waals surface area contributed by atoms with Crippen LogP contribution in [0.5, 0.6) is 5.75 Å². The van der Waals surface area contributed by atoms with E-state index in [2.05, 4.69) is 0 Å². The Morgan fingerprint density at radius 3 is 2.64 bits per heavy atom. The molecule has 0 unspecified atom stereocenters. The van der Waals surface area contributed by atoms with E-state index < -0.39 is 10.0 Å². The second kappa shape index (κ2) is 7.65. The molecule has 2 fully saturated rings. The highest BCUT2D eigenvalue weighted by Gasteiger charge is 2.44. The number of carbonyl (C=O) groups is 1. The van der Waals surface area contributed by atoms with Crippen molar-refractivity contribution in [3.63, 3.8) is 0 Å². The third kappa shape index (κ3) is 3.77. The summed E-state index contributed by atoms with van der Waals surface area (Å²) < 4.78 is 39.3. The number of piperidine rings is 1. The van der Waals surface area contributed by atoms with Gasteiger partial charge in [0.05, 0.1) is 13.2 Å². The fourth-order valence-corrected chi connectivity index (χ4v) is 5.81. The molecule has 1 aromatic rings. The number of benzene rings is 1. The van der Waals surface area contributed by atoms with Crippen molar-refractivity contribution in [2.75, 3.05) is 46.5 Å². The maximum absolute atomic E-state index is 13.3. The number of likely N-dealkylation sites (tertiary alicyclic amines) is 1. The van der Waals surface area contributed by atoms with Gasteiger partial charge in [0, 0.05) is 44.6 Å². The summed E-state index contributed by atoms with van der Waals surface area (Å²) in [5.74, 6) is 0.879. The van der Waals surface area contributed by atoms with Crippen LogP contribution in [0.3, 0.4) is 0 Å². The Balaban J connectivity index is 1.59. The molecule has 0 bridgehead atoms. The quantitative estimate of drug-likeness (QED) is 0.759. The van der Waals surface area contributed by atoms with Crippen LogP contribution in [0, 0.1) is 11.3 Å². The van der Waals surface area contributed by atoms with Crippen molar-refractivity contribution >= 4 is 15.9 Å². The number of hydrogen-bond donors (Lipinski definition) is 0. The fourth-order valence-electron chi connectivity index (χ4n) is 4.14. The van der Waals surface area contributed by atoms with Gasteiger partial charge in [-0.15, -0.1) is 0 Å². The maximum atomic E-state index is 13.3. The summed E-state index contributed by atoms with van der Waals surface area (Å²) in [6.07, 6.45) is 3.49. The van der Waals surface area contributed by atoms with E-state index in [0.717, 1.165) is 25.7 Å². The normalized spacial score (nSPS) is 24.1. The molecular formula is C20H28N2O5S. The van der Waals surface area contributed by atoms with Crippen molar-refractivity contribution in [2.24, 2.45) is 11.3 Å². The lowest BCUT2D eigenvalue weighted by atomic mass is 9.78. The topological polar surface area (TPSA) is 76.2 Å². The Kier molecular flexibility index (Phi) is 5.37. The third-order valence-corrected chi connectivity index (χ3v) is 8.00. The lowest BCUT2D eigenvalue weighted by Crippen LogP contribution is -2.53. The van der Waals surface area contributed by atoms with E-state index in [-0.39, 0.29) is 22.1 Å². The average Bonchev–Trinajstić information content (AvgIpc) is 3.54. The molecule has 0 aromatic heterocycles. The Morgan fingerprint density at radius 2 is 1.96 bits per heavy atom. The Morgan fingerprint density at radius 1 is 1.25 bits per heavy atom. The van der Waals surface area contributed by atoms with Gasteiger partial charge >= 0.3 is 0 Å². The summed E-state index contributed by atoms with van der Waals surface area (Å²) in [7, 11) is -2.10. The van der Waals surface area contributed by atoms with Crippen LogP contribution in [-0.2, 0) is 19.6 Å². The number of nitrogens with zero attached hydrogens (tertiary/aromatic N) is 2. The van der Waals surface area contributed by atoms with Gasteiger partial charge in [0.15, 0.2) is 0 Å². The summed E-state index contributed by atoms with van der Waals surface area (Å²) in [6, 6.07) is 6.82. The molecule has 154 valence electrons. The second-order valence-corrected chi connectivity index (χ2v) is 10.1. The zero-order valence-corrected chi connectivity index (χ0v) is 17.1. The lowest BCUT2D eigenvalue weighted by Gasteiger charge is -2.45. The van der Waals surface area contributed by atoms with Crippen LogP contribution in [0.1, 0.15) is 25.7 Å². The number of fused-ring (bicyclic) bond motifs is 1. The first-order chi connectivity index (χ1) is 13.5. The molecule has 0 atom stereocenters. The number of sulfonamides is 1. The van der Waals surface area contributed by atoms with Crippen LogP contribution in [0.2, 0.25) is 0 Å². The van der Waals surface area contributed by atoms with Gasteiger partial charge in [0.1, 0.15) is 10.6 Å². The second-order valence-electron chi connectivity index (χ2n) is 8.17. The number of amides is 1. The van der Waals surface area contributed by atoms with Gasteiger partial charge in [0.25, 0.3) is 0 Å². The van der Waals surface area contributed by atoms with Gasteiger partial charge < -0.3 is 14.4 Å². The van der Waals surface area contributed by atoms with Crippen LogP contribution in [-0.4, -0.2) is 70.0 Å². The minimum Gasteiger partial charge on any atom is -0.492 e. The van der Waals surface area contributed by atoms with Crippen molar-refractivity contribution < 1.29 is 22.7 Å². The van der Waals surface area contributed by atoms with Gasteiger partial charge in [-0.25, -0.2) is 8.42 Å². The van der Waals surface area contributed by atoms with E-state index >= 15 is 0 Å². The van der Waals surface area contributed by atoms with E-state index in [1.807, 2.05) is 4.90 Å². The van der Waals surface area contributed by atoms with Crippen LogP contribution in [0.4, 0.5) is 0 Å². The maximum Gasteiger partial charge on any atom is 0.246 e. The van der Waals surface area contributed by atoms with Crippen LogP contribution >= 0.6 is 0 Å². The van der Waals surface area contributed by atoms with E-state index in [1.165, 1.54) is 4.31 Å². The van der Waals surface area contributed by atoms with Gasteiger partial charge in [-0.2, -0.15) is 4.31 Å². The molecule has 1 saturated carbocycles. The largest absolute Gasteiger partial charge is 0.492 e. The van der Waals surface area contributed by atoms with Crippen molar-refractivity contribution in [1.82, 2.24) is 9.21 Å². The number of rotatable bonds is 4. The average molecular weight is 409 g/mol. The first-order valence-electron chi connectivity index (χ1n) is 9.95. The van der Waals surface area contributed by atoms with E-state index in [9.17, 15) is 13.2 Å². The van der Waals surface area contributed by atoms with Crippen LogP contribution < -0.4 is 4.74 Å². The number of ether oxygens (including phenoxy) is 2. The molecule has 7 nitrogen and oxygen atoms in total. The molecule has 28 heavy (non-hydrogen) atoms. The Labute approximate surface area is 166 Å². The fraction of sp³-hybridized carbons (Fsp3) is 0.650. The molecule has 3 aliphatic rings. The smallest absolute Gasteiger partial charge is 0.246 e. The van der Waals surface area contributed by atoms with Gasteiger partial charge in [0.2, 0.25) is 15.9 Å². The zero-order valence-electron chi connectivity index (χ0n) is 16.3. The lowest BCUT2D eigenvalue weighted by molar-refractivity contribution is -0.135. The van der Waals surface area contributed by atoms with Crippen molar-refractivity contribution in [2.45, 2.75) is 30.6 Å². The first kappa shape index (κ1) is 19.7. The molecule has 2 heterocycles. The molecule has 0 N–H and O–H groups in total. The molecule has 4 rings (SSSR count). The van der Waals surface area contributed by atoms with Crippen molar-refractivity contribution in [3.05, 3.63) is 24.3 Å². The zero-order chi connectivity index (χ0) is 19.8. The molecule has 0 radical (unpaired) electrons. The van der Waals surface area contributed by atoms with Crippen molar-refractivity contribution in [3.8, 4) is 5.75 Å². The van der Waals surface area contributed by atoms with Crippen LogP contribution in [0.25, 0.3) is 0 Å². The van der Waals surface area contributed by atoms with Gasteiger partial charge in [-0.05, 0) is 37.8 Å². The third-order valence-electron chi connectivity index (χ3n) is 6.12. The molecule has 8 heteroatoms. The highest BCUT2D eigenvalue weighted by atomic mass is 32.2. The number of methoxy groups -OCH3 is 1. The number of carbonyl (C=O) groups excluding carboxylic acids is 1. The Bertz CT molecular complexity index is 829. The molecule has 1 spiro atoms. The molecule has 1 saturated heterocycles. The highest BCUT2D eigenvalue weighted by molar-refractivity contribution is 7.89. The van der Waals surface area contributed by atoms with E-state index in [0.29, 0.717) is 45.1 Å².